The average molecular weight is 424 g/mol. The Labute approximate surface area is 184 Å². The number of hydrogen-bond donors (Lipinski definition) is 1. The maximum absolute atomic E-state index is 13.4. The molecule has 1 N–H and O–H groups in total. The van der Waals surface area contributed by atoms with Gasteiger partial charge in [-0.1, -0.05) is 18.1 Å². The molecule has 4 heterocycles. The summed E-state index contributed by atoms with van der Waals surface area (Å²) in [4.78, 5) is 18.2. The summed E-state index contributed by atoms with van der Waals surface area (Å²) < 4.78 is 11.5. The smallest absolute Gasteiger partial charge is 0.322 e. The van der Waals surface area contributed by atoms with Crippen LogP contribution in [0.3, 0.4) is 0 Å². The number of benzene rings is 1. The van der Waals surface area contributed by atoms with Crippen molar-refractivity contribution >= 4 is 11.7 Å². The van der Waals surface area contributed by atoms with Gasteiger partial charge in [-0.15, -0.1) is 0 Å². The van der Waals surface area contributed by atoms with Crippen LogP contribution in [0.2, 0.25) is 0 Å². The first-order valence-electron chi connectivity index (χ1n) is 12.2. The zero-order valence-corrected chi connectivity index (χ0v) is 18.2. The minimum Gasteiger partial charge on any atom is -0.490 e. The summed E-state index contributed by atoms with van der Waals surface area (Å²) in [7, 11) is 0. The number of ether oxygens (including phenoxy) is 2. The lowest BCUT2D eigenvalue weighted by atomic mass is 9.68. The Balaban J connectivity index is 1.22. The summed E-state index contributed by atoms with van der Waals surface area (Å²) in [5.41, 5.74) is 2.30. The molecule has 4 aliphatic heterocycles. The van der Waals surface area contributed by atoms with E-state index >= 15 is 0 Å². The van der Waals surface area contributed by atoms with Gasteiger partial charge < -0.3 is 19.7 Å². The van der Waals surface area contributed by atoms with Crippen LogP contribution in [-0.4, -0.2) is 60.8 Å². The van der Waals surface area contributed by atoms with Gasteiger partial charge in [0.25, 0.3) is 0 Å². The normalized spacial score (nSPS) is 32.3. The molecule has 4 atom stereocenters. The largest absolute Gasteiger partial charge is 0.490 e. The number of nitrogens with zero attached hydrogens (tertiary/aromatic N) is 2. The summed E-state index contributed by atoms with van der Waals surface area (Å²) in [5.74, 6) is 2.73. The number of carbonyl (C=O) groups is 1. The van der Waals surface area contributed by atoms with Crippen molar-refractivity contribution in [3.05, 3.63) is 29.8 Å². The van der Waals surface area contributed by atoms with Crippen LogP contribution in [0.1, 0.15) is 44.9 Å². The quantitative estimate of drug-likeness (QED) is 0.686. The summed E-state index contributed by atoms with van der Waals surface area (Å²) >= 11 is 0. The lowest BCUT2D eigenvalue weighted by Gasteiger charge is -2.54. The molecule has 1 aliphatic carbocycles. The number of piperidine rings is 3. The number of hydrogen-bond acceptors (Lipinski definition) is 4. The summed E-state index contributed by atoms with van der Waals surface area (Å²) in [6.45, 7) is 4.54. The third-order valence-electron chi connectivity index (χ3n) is 7.92. The van der Waals surface area contributed by atoms with Crippen molar-refractivity contribution in [3.8, 4) is 11.5 Å². The van der Waals surface area contributed by atoms with Crippen LogP contribution < -0.4 is 14.8 Å². The summed E-state index contributed by atoms with van der Waals surface area (Å²) in [6.07, 6.45) is 10.9. The maximum atomic E-state index is 13.4. The fourth-order valence-electron chi connectivity index (χ4n) is 6.64. The summed E-state index contributed by atoms with van der Waals surface area (Å²) in [5, 5.41) is 3.16. The third kappa shape index (κ3) is 3.59. The minimum absolute atomic E-state index is 0.0179. The van der Waals surface area contributed by atoms with Crippen LogP contribution in [0.15, 0.2) is 29.8 Å². The molecule has 4 unspecified atom stereocenters. The van der Waals surface area contributed by atoms with E-state index in [1.54, 1.807) is 0 Å². The number of carbonyl (C=O) groups excluding carboxylic acids is 1. The molecule has 0 saturated carbocycles. The van der Waals surface area contributed by atoms with E-state index in [2.05, 4.69) is 21.2 Å². The highest BCUT2D eigenvalue weighted by atomic mass is 16.5. The molecule has 2 bridgehead atoms. The molecule has 5 aliphatic rings. The van der Waals surface area contributed by atoms with Gasteiger partial charge in [-0.05, 0) is 62.6 Å². The molecule has 6 heteroatoms. The predicted octanol–water partition coefficient (Wildman–Crippen LogP) is 4.27. The Bertz CT molecular complexity index is 885. The number of anilines is 1. The van der Waals surface area contributed by atoms with Crippen LogP contribution in [0.25, 0.3) is 0 Å². The Morgan fingerprint density at radius 2 is 1.94 bits per heavy atom. The second-order valence-electron chi connectivity index (χ2n) is 9.84. The Kier molecular flexibility index (Phi) is 5.05. The maximum Gasteiger partial charge on any atom is 0.322 e. The fraction of sp³-hybridized carbons (Fsp3) is 0.640. The van der Waals surface area contributed by atoms with E-state index in [9.17, 15) is 4.79 Å². The van der Waals surface area contributed by atoms with Crippen LogP contribution in [0.5, 0.6) is 11.5 Å². The van der Waals surface area contributed by atoms with E-state index in [1.165, 1.54) is 37.8 Å². The van der Waals surface area contributed by atoms with Crippen LogP contribution in [0.4, 0.5) is 10.5 Å². The molecule has 1 aromatic rings. The van der Waals surface area contributed by atoms with E-state index < -0.39 is 0 Å². The van der Waals surface area contributed by atoms with Gasteiger partial charge in [-0.2, -0.15) is 0 Å². The first-order chi connectivity index (χ1) is 15.3. The minimum atomic E-state index is 0.0179. The number of amides is 2. The van der Waals surface area contributed by atoms with E-state index in [-0.39, 0.29) is 12.1 Å². The van der Waals surface area contributed by atoms with Crippen molar-refractivity contribution in [1.29, 1.82) is 0 Å². The van der Waals surface area contributed by atoms with Crippen molar-refractivity contribution in [2.45, 2.75) is 57.0 Å². The van der Waals surface area contributed by atoms with Gasteiger partial charge in [0.15, 0.2) is 11.5 Å². The number of urea groups is 1. The van der Waals surface area contributed by atoms with Gasteiger partial charge in [0, 0.05) is 37.3 Å². The Morgan fingerprint density at radius 3 is 2.87 bits per heavy atom. The molecular weight excluding hydrogens is 390 g/mol. The van der Waals surface area contributed by atoms with Crippen LogP contribution in [-0.2, 0) is 0 Å². The van der Waals surface area contributed by atoms with Crippen molar-refractivity contribution in [2.75, 3.05) is 38.2 Å². The van der Waals surface area contributed by atoms with Crippen LogP contribution in [0, 0.1) is 11.8 Å². The van der Waals surface area contributed by atoms with Gasteiger partial charge in [0.05, 0.1) is 19.3 Å². The van der Waals surface area contributed by atoms with E-state index in [4.69, 9.17) is 9.47 Å². The predicted molar refractivity (Wildman–Crippen MR) is 120 cm³/mol. The fourth-order valence-corrected chi connectivity index (χ4v) is 6.64. The monoisotopic (exact) mass is 423 g/mol. The van der Waals surface area contributed by atoms with Crippen molar-refractivity contribution in [2.24, 2.45) is 11.8 Å². The lowest BCUT2D eigenvalue weighted by Crippen LogP contribution is -2.60. The molecular formula is C25H33N3O3. The third-order valence-corrected chi connectivity index (χ3v) is 7.92. The molecule has 0 aromatic heterocycles. The summed E-state index contributed by atoms with van der Waals surface area (Å²) in [6, 6.07) is 6.74. The molecule has 3 fully saturated rings. The zero-order valence-electron chi connectivity index (χ0n) is 18.2. The number of likely N-dealkylation sites (tertiary alicyclic amines) is 1. The van der Waals surface area contributed by atoms with Crippen molar-refractivity contribution < 1.29 is 14.3 Å². The van der Waals surface area contributed by atoms with Gasteiger partial charge >= 0.3 is 6.03 Å². The highest BCUT2D eigenvalue weighted by molar-refractivity contribution is 5.90. The second-order valence-corrected chi connectivity index (χ2v) is 9.84. The average Bonchev–Trinajstić information content (AvgIpc) is 3.04. The number of nitrogens with one attached hydrogen (secondary N) is 1. The van der Waals surface area contributed by atoms with Crippen molar-refractivity contribution in [1.82, 2.24) is 9.80 Å². The first kappa shape index (κ1) is 19.5. The van der Waals surface area contributed by atoms with Gasteiger partial charge in [-0.25, -0.2) is 4.79 Å². The standard InChI is InChI=1S/C25H33N3O3/c29-25(26-20-7-8-22-23(15-20)31-12-4-11-30-22)28-10-3-5-17-13-18-14-19(24(17)28)16-27-9-2-1-6-21(18)27/h7-8,13,15,18-19,21,24H,1-6,9-12,14,16H2,(H,26,29). The SMILES string of the molecule is O=C(Nc1ccc2c(c1)OCCCO2)N1CCCC2=CC3CC(CN4CCCCC34)C21. The lowest BCUT2D eigenvalue weighted by molar-refractivity contribution is 0.00908. The molecule has 1 aromatic carbocycles. The molecule has 0 spiro atoms. The van der Waals surface area contributed by atoms with Gasteiger partial charge in [0.1, 0.15) is 0 Å². The van der Waals surface area contributed by atoms with E-state index in [0.29, 0.717) is 25.0 Å². The van der Waals surface area contributed by atoms with Crippen molar-refractivity contribution in [3.63, 3.8) is 0 Å². The highest BCUT2D eigenvalue weighted by Gasteiger charge is 2.46. The Morgan fingerprint density at radius 1 is 1.03 bits per heavy atom. The molecule has 2 amide bonds. The topological polar surface area (TPSA) is 54.0 Å². The van der Waals surface area contributed by atoms with E-state index in [0.717, 1.165) is 55.6 Å². The van der Waals surface area contributed by atoms with E-state index in [1.807, 2.05) is 18.2 Å². The molecule has 6 nitrogen and oxygen atoms in total. The second kappa shape index (κ2) is 8.05. The molecule has 31 heavy (non-hydrogen) atoms. The molecule has 3 saturated heterocycles. The van der Waals surface area contributed by atoms with Gasteiger partial charge in [0.2, 0.25) is 0 Å². The van der Waals surface area contributed by atoms with Gasteiger partial charge in [-0.3, -0.25) is 4.90 Å². The van der Waals surface area contributed by atoms with Crippen LogP contribution >= 0.6 is 0 Å². The number of rotatable bonds is 1. The molecule has 6 rings (SSSR count). The highest BCUT2D eigenvalue weighted by Crippen LogP contribution is 2.45. The molecule has 166 valence electrons. The zero-order chi connectivity index (χ0) is 20.8. The number of fused-ring (bicyclic) bond motifs is 7. The molecule has 0 radical (unpaired) electrons. The Hall–Kier alpha value is -2.21. The first-order valence-corrected chi connectivity index (χ1v) is 12.2.